The maximum absolute atomic E-state index is 12.1. The second-order valence-corrected chi connectivity index (χ2v) is 6.57. The Kier molecular flexibility index (Phi) is 5.63. The van der Waals surface area contributed by atoms with Crippen LogP contribution in [-0.4, -0.2) is 27.9 Å². The van der Waals surface area contributed by atoms with Gasteiger partial charge in [-0.05, 0) is 52.0 Å². The molecule has 8 heteroatoms. The van der Waals surface area contributed by atoms with Gasteiger partial charge in [0.15, 0.2) is 4.77 Å². The molecule has 2 aromatic rings. The number of rotatable bonds is 4. The van der Waals surface area contributed by atoms with Crippen LogP contribution in [0.1, 0.15) is 27.7 Å². The van der Waals surface area contributed by atoms with Crippen LogP contribution in [0.25, 0.3) is 5.69 Å². The minimum atomic E-state index is -0.685. The number of anilines is 1. The average Bonchev–Trinajstić information content (AvgIpc) is 2.46. The number of H-pyrrole nitrogens is 1. The molecule has 1 amide bonds. The lowest BCUT2D eigenvalue weighted by Crippen LogP contribution is -2.29. The monoisotopic (exact) mass is 363 g/mol. The van der Waals surface area contributed by atoms with E-state index in [1.165, 1.54) is 10.6 Å². The van der Waals surface area contributed by atoms with E-state index < -0.39 is 17.3 Å². The van der Waals surface area contributed by atoms with E-state index in [0.29, 0.717) is 18.0 Å². The molecule has 2 N–H and O–H groups in total. The molecule has 0 atom stereocenters. The predicted octanol–water partition coefficient (Wildman–Crippen LogP) is 3.64. The van der Waals surface area contributed by atoms with E-state index in [0.717, 1.165) is 0 Å². The van der Waals surface area contributed by atoms with Crippen molar-refractivity contribution in [2.45, 2.75) is 33.3 Å². The first-order valence-electron chi connectivity index (χ1n) is 7.80. The largest absolute Gasteiger partial charge is 0.492 e. The van der Waals surface area contributed by atoms with E-state index in [2.05, 4.69) is 10.3 Å². The fourth-order valence-electron chi connectivity index (χ4n) is 2.15. The summed E-state index contributed by atoms with van der Waals surface area (Å²) < 4.78 is 12.5. The van der Waals surface area contributed by atoms with E-state index in [9.17, 15) is 9.59 Å². The molecular formula is C17H21N3O4S. The highest BCUT2D eigenvalue weighted by Gasteiger charge is 2.19. The molecule has 0 fully saturated rings. The Morgan fingerprint density at radius 2 is 2.00 bits per heavy atom. The molecule has 25 heavy (non-hydrogen) atoms. The molecular weight excluding hydrogens is 342 g/mol. The molecule has 0 aliphatic carbocycles. The van der Waals surface area contributed by atoms with Crippen LogP contribution in [-0.2, 0) is 4.74 Å². The van der Waals surface area contributed by atoms with E-state index in [1.807, 2.05) is 19.1 Å². The van der Waals surface area contributed by atoms with Crippen LogP contribution >= 0.6 is 12.2 Å². The summed E-state index contributed by atoms with van der Waals surface area (Å²) in [7, 11) is 0. The maximum atomic E-state index is 12.1. The number of carbonyl (C=O) groups is 1. The molecule has 1 heterocycles. The molecule has 0 aliphatic rings. The number of ether oxygens (including phenoxy) is 2. The zero-order chi connectivity index (χ0) is 18.6. The first kappa shape index (κ1) is 18.7. The smallest absolute Gasteiger partial charge is 0.413 e. The molecule has 0 radical (unpaired) electrons. The molecule has 0 saturated heterocycles. The van der Waals surface area contributed by atoms with Crippen LogP contribution in [0, 0.1) is 4.77 Å². The third-order valence-corrected chi connectivity index (χ3v) is 3.26. The van der Waals surface area contributed by atoms with Crippen molar-refractivity contribution in [3.8, 4) is 11.4 Å². The van der Waals surface area contributed by atoms with Gasteiger partial charge in [0.2, 0.25) is 0 Å². The summed E-state index contributed by atoms with van der Waals surface area (Å²) in [5.74, 6) is 0.760. The third kappa shape index (κ3) is 4.93. The number of aromatic nitrogens is 2. The van der Waals surface area contributed by atoms with Crippen LogP contribution in [0.2, 0.25) is 0 Å². The van der Waals surface area contributed by atoms with Crippen molar-refractivity contribution in [1.82, 2.24) is 9.55 Å². The van der Waals surface area contributed by atoms with Gasteiger partial charge in [0.25, 0.3) is 5.56 Å². The Labute approximate surface area is 150 Å². The number of aromatic amines is 1. The molecule has 0 unspecified atom stereocenters. The first-order valence-corrected chi connectivity index (χ1v) is 8.20. The lowest BCUT2D eigenvalue weighted by molar-refractivity contribution is 0.0635. The van der Waals surface area contributed by atoms with Gasteiger partial charge in [-0.25, -0.2) is 4.79 Å². The van der Waals surface area contributed by atoms with Gasteiger partial charge in [-0.3, -0.25) is 19.7 Å². The summed E-state index contributed by atoms with van der Waals surface area (Å²) in [6.45, 7) is 7.58. The molecule has 7 nitrogen and oxygen atoms in total. The van der Waals surface area contributed by atoms with Crippen LogP contribution in [0.15, 0.2) is 35.1 Å². The highest BCUT2D eigenvalue weighted by Crippen LogP contribution is 2.25. The fourth-order valence-corrected chi connectivity index (χ4v) is 2.45. The Bertz CT molecular complexity index is 880. The quantitative estimate of drug-likeness (QED) is 0.810. The molecule has 0 bridgehead atoms. The lowest BCUT2D eigenvalue weighted by Gasteiger charge is -2.21. The second kappa shape index (κ2) is 7.52. The van der Waals surface area contributed by atoms with Crippen molar-refractivity contribution >= 4 is 24.1 Å². The van der Waals surface area contributed by atoms with E-state index in [-0.39, 0.29) is 10.6 Å². The normalized spacial score (nSPS) is 11.0. The summed E-state index contributed by atoms with van der Waals surface area (Å²) >= 11 is 5.28. The maximum Gasteiger partial charge on any atom is 0.413 e. The Morgan fingerprint density at radius 3 is 2.64 bits per heavy atom. The topological polar surface area (TPSA) is 85.3 Å². The summed E-state index contributed by atoms with van der Waals surface area (Å²) in [5.41, 5.74) is -0.506. The van der Waals surface area contributed by atoms with Crippen LogP contribution in [0.5, 0.6) is 5.75 Å². The number of nitrogens with one attached hydrogen (secondary N) is 2. The fraction of sp³-hybridized carbons (Fsp3) is 0.353. The summed E-state index contributed by atoms with van der Waals surface area (Å²) in [6.07, 6.45) is -0.685. The van der Waals surface area contributed by atoms with Gasteiger partial charge >= 0.3 is 6.09 Å². The van der Waals surface area contributed by atoms with Gasteiger partial charge in [-0.2, -0.15) is 0 Å². The second-order valence-electron chi connectivity index (χ2n) is 6.19. The highest BCUT2D eigenvalue weighted by atomic mass is 32.1. The SMILES string of the molecule is CCOc1ccccc1-n1c(NC(=O)OC(C)(C)C)cc(=O)[nH]c1=S. The van der Waals surface area contributed by atoms with Crippen LogP contribution in [0.3, 0.4) is 0 Å². The van der Waals surface area contributed by atoms with E-state index >= 15 is 0 Å². The zero-order valence-electron chi connectivity index (χ0n) is 14.6. The van der Waals surface area contributed by atoms with Crippen LogP contribution < -0.4 is 15.6 Å². The number of hydrogen-bond acceptors (Lipinski definition) is 5. The van der Waals surface area contributed by atoms with Crippen molar-refractivity contribution < 1.29 is 14.3 Å². The Balaban J connectivity index is 2.54. The van der Waals surface area contributed by atoms with E-state index in [4.69, 9.17) is 21.7 Å². The number of benzene rings is 1. The molecule has 1 aromatic carbocycles. The lowest BCUT2D eigenvalue weighted by atomic mass is 10.2. The zero-order valence-corrected chi connectivity index (χ0v) is 15.4. The molecule has 2 rings (SSSR count). The summed E-state index contributed by atoms with van der Waals surface area (Å²) in [6, 6.07) is 8.43. The number of nitrogens with zero attached hydrogens (tertiary/aromatic N) is 1. The minimum absolute atomic E-state index is 0.130. The minimum Gasteiger partial charge on any atom is -0.492 e. The highest BCUT2D eigenvalue weighted by molar-refractivity contribution is 7.71. The van der Waals surface area contributed by atoms with Gasteiger partial charge in [0.1, 0.15) is 17.2 Å². The molecule has 0 saturated carbocycles. The van der Waals surface area contributed by atoms with Gasteiger partial charge in [0, 0.05) is 6.07 Å². The summed E-state index contributed by atoms with van der Waals surface area (Å²) in [4.78, 5) is 26.5. The first-order chi connectivity index (χ1) is 11.7. The van der Waals surface area contributed by atoms with Gasteiger partial charge < -0.3 is 9.47 Å². The average molecular weight is 363 g/mol. The third-order valence-electron chi connectivity index (χ3n) is 2.98. The Morgan fingerprint density at radius 1 is 1.32 bits per heavy atom. The van der Waals surface area contributed by atoms with Crippen molar-refractivity contribution in [3.05, 3.63) is 45.5 Å². The van der Waals surface area contributed by atoms with Gasteiger partial charge in [-0.15, -0.1) is 0 Å². The number of para-hydroxylation sites is 2. The van der Waals surface area contributed by atoms with Crippen LogP contribution in [0.4, 0.5) is 10.6 Å². The molecule has 1 aromatic heterocycles. The number of hydrogen-bond donors (Lipinski definition) is 2. The van der Waals surface area contributed by atoms with Crippen molar-refractivity contribution in [1.29, 1.82) is 0 Å². The number of amides is 1. The number of carbonyl (C=O) groups excluding carboxylic acids is 1. The van der Waals surface area contributed by atoms with Gasteiger partial charge in [-0.1, -0.05) is 12.1 Å². The Hall–Kier alpha value is -2.61. The standard InChI is InChI=1S/C17H21N3O4S/c1-5-23-12-9-7-6-8-11(12)20-13(10-14(21)19-15(20)25)18-16(22)24-17(2,3)4/h6-10H,5H2,1-4H3,(H,18,22)(H,19,21,25). The predicted molar refractivity (Wildman–Crippen MR) is 98.2 cm³/mol. The summed E-state index contributed by atoms with van der Waals surface area (Å²) in [5, 5.41) is 2.58. The van der Waals surface area contributed by atoms with Gasteiger partial charge in [0.05, 0.1) is 12.3 Å². The molecule has 0 spiro atoms. The van der Waals surface area contributed by atoms with Crippen molar-refractivity contribution in [2.24, 2.45) is 0 Å². The molecule has 134 valence electrons. The molecule has 0 aliphatic heterocycles. The van der Waals surface area contributed by atoms with E-state index in [1.54, 1.807) is 32.9 Å². The van der Waals surface area contributed by atoms with Crippen molar-refractivity contribution in [2.75, 3.05) is 11.9 Å². The van der Waals surface area contributed by atoms with Crippen molar-refractivity contribution in [3.63, 3.8) is 0 Å².